The number of amides is 3. The van der Waals surface area contributed by atoms with Gasteiger partial charge >= 0.3 is 12.0 Å². The third-order valence-electron chi connectivity index (χ3n) is 5.84. The van der Waals surface area contributed by atoms with Gasteiger partial charge in [-0.2, -0.15) is 0 Å². The summed E-state index contributed by atoms with van der Waals surface area (Å²) in [5.41, 5.74) is -1.06. The van der Waals surface area contributed by atoms with Crippen molar-refractivity contribution in [1.29, 1.82) is 0 Å². The fourth-order valence-electron chi connectivity index (χ4n) is 4.05. The zero-order valence-electron chi connectivity index (χ0n) is 16.0. The van der Waals surface area contributed by atoms with Crippen LogP contribution in [-0.4, -0.2) is 77.7 Å². The number of aliphatic hydroxyl groups is 1. The average molecular weight is 379 g/mol. The summed E-state index contributed by atoms with van der Waals surface area (Å²) < 4.78 is 4.92. The Labute approximate surface area is 159 Å². The Balaban J connectivity index is 1.87. The van der Waals surface area contributed by atoms with Gasteiger partial charge in [-0.05, 0) is 32.1 Å². The number of aliphatic hydroxyl groups excluding tert-OH is 1. The Morgan fingerprint density at radius 1 is 1.33 bits per heavy atom. The molecule has 0 aromatic heterocycles. The normalized spacial score (nSPS) is 34.9. The van der Waals surface area contributed by atoms with E-state index in [-0.39, 0.29) is 18.4 Å². The second-order valence-electron chi connectivity index (χ2n) is 7.78. The van der Waals surface area contributed by atoms with Crippen LogP contribution in [-0.2, 0) is 14.3 Å². The third kappa shape index (κ3) is 3.95. The minimum Gasteiger partial charge on any atom is -0.467 e. The van der Waals surface area contributed by atoms with Gasteiger partial charge in [-0.1, -0.05) is 12.2 Å². The molecule has 8 nitrogen and oxygen atoms in total. The zero-order valence-corrected chi connectivity index (χ0v) is 16.0. The third-order valence-corrected chi connectivity index (χ3v) is 5.84. The maximum Gasteiger partial charge on any atom is 0.332 e. The Kier molecular flexibility index (Phi) is 5.74. The van der Waals surface area contributed by atoms with Crippen molar-refractivity contribution in [2.75, 3.05) is 27.2 Å². The molecule has 4 unspecified atom stereocenters. The van der Waals surface area contributed by atoms with E-state index in [1.54, 1.807) is 11.9 Å². The molecule has 3 amide bonds. The molecule has 27 heavy (non-hydrogen) atoms. The largest absolute Gasteiger partial charge is 0.467 e. The molecular weight excluding hydrogens is 350 g/mol. The summed E-state index contributed by atoms with van der Waals surface area (Å²) in [5, 5.41) is 12.9. The summed E-state index contributed by atoms with van der Waals surface area (Å²) >= 11 is 0. The lowest BCUT2D eigenvalue weighted by Crippen LogP contribution is -2.60. The Hall–Kier alpha value is -2.09. The fraction of sp³-hybridized carbons (Fsp3) is 0.737. The van der Waals surface area contributed by atoms with Crippen LogP contribution in [0.15, 0.2) is 12.2 Å². The van der Waals surface area contributed by atoms with E-state index in [1.165, 1.54) is 12.0 Å². The molecule has 3 rings (SSSR count). The van der Waals surface area contributed by atoms with Crippen LogP contribution in [0, 0.1) is 5.92 Å². The van der Waals surface area contributed by atoms with Crippen molar-refractivity contribution < 1.29 is 24.2 Å². The van der Waals surface area contributed by atoms with E-state index in [0.29, 0.717) is 25.9 Å². The van der Waals surface area contributed by atoms with Crippen LogP contribution in [0.25, 0.3) is 0 Å². The highest BCUT2D eigenvalue weighted by Crippen LogP contribution is 2.46. The number of nitrogens with zero attached hydrogens (tertiary/aromatic N) is 2. The highest BCUT2D eigenvalue weighted by Gasteiger charge is 2.61. The molecule has 0 aromatic carbocycles. The molecule has 2 N–H and O–H groups in total. The zero-order chi connectivity index (χ0) is 19.6. The predicted octanol–water partition coefficient (Wildman–Crippen LogP) is 0.652. The monoisotopic (exact) mass is 379 g/mol. The minimum absolute atomic E-state index is 0.0998. The van der Waals surface area contributed by atoms with E-state index < -0.39 is 29.6 Å². The number of carbonyl (C=O) groups is 3. The molecule has 8 heteroatoms. The molecule has 3 aliphatic rings. The quantitative estimate of drug-likeness (QED) is 0.515. The van der Waals surface area contributed by atoms with E-state index >= 15 is 0 Å². The molecule has 0 radical (unpaired) electrons. The van der Waals surface area contributed by atoms with Crippen LogP contribution in [0.3, 0.4) is 0 Å². The number of allylic oxidation sites excluding steroid dienone is 1. The Morgan fingerprint density at radius 3 is 2.85 bits per heavy atom. The number of hydrogen-bond donors (Lipinski definition) is 2. The summed E-state index contributed by atoms with van der Waals surface area (Å²) in [4.78, 5) is 41.4. The van der Waals surface area contributed by atoms with E-state index in [0.717, 1.165) is 19.3 Å². The van der Waals surface area contributed by atoms with Crippen molar-refractivity contribution in [3.8, 4) is 0 Å². The van der Waals surface area contributed by atoms with Crippen LogP contribution < -0.4 is 5.32 Å². The number of fused-ring (bicyclic) bond motifs is 2. The molecule has 4 atom stereocenters. The molecular formula is C19H29N3O5. The summed E-state index contributed by atoms with van der Waals surface area (Å²) in [6, 6.07) is -1.01. The molecule has 0 bridgehead atoms. The lowest BCUT2D eigenvalue weighted by Gasteiger charge is -2.39. The number of piperidine rings is 1. The predicted molar refractivity (Wildman–Crippen MR) is 97.7 cm³/mol. The Morgan fingerprint density at radius 2 is 2.11 bits per heavy atom. The van der Waals surface area contributed by atoms with Gasteiger partial charge in [0.1, 0.15) is 11.6 Å². The van der Waals surface area contributed by atoms with Crippen LogP contribution in [0.4, 0.5) is 4.79 Å². The van der Waals surface area contributed by atoms with Crippen molar-refractivity contribution in [2.45, 2.75) is 56.2 Å². The molecule has 1 saturated heterocycles. The first-order valence-electron chi connectivity index (χ1n) is 9.66. The first-order chi connectivity index (χ1) is 12.9. The van der Waals surface area contributed by atoms with Gasteiger partial charge in [-0.25, -0.2) is 9.59 Å². The van der Waals surface area contributed by atoms with Crippen LogP contribution in [0.2, 0.25) is 0 Å². The van der Waals surface area contributed by atoms with Gasteiger partial charge in [-0.3, -0.25) is 4.79 Å². The fourth-order valence-corrected chi connectivity index (χ4v) is 4.05. The van der Waals surface area contributed by atoms with Crippen LogP contribution in [0.5, 0.6) is 0 Å². The van der Waals surface area contributed by atoms with E-state index in [1.807, 2.05) is 12.2 Å². The number of carbonyl (C=O) groups excluding carboxylic acids is 3. The first-order valence-corrected chi connectivity index (χ1v) is 9.66. The minimum atomic E-state index is -1.06. The summed E-state index contributed by atoms with van der Waals surface area (Å²) in [6.45, 7) is 0.937. The second kappa shape index (κ2) is 7.88. The number of esters is 1. The van der Waals surface area contributed by atoms with Gasteiger partial charge in [0, 0.05) is 32.5 Å². The van der Waals surface area contributed by atoms with Gasteiger partial charge in [0.25, 0.3) is 0 Å². The van der Waals surface area contributed by atoms with Crippen LogP contribution >= 0.6 is 0 Å². The molecule has 1 saturated carbocycles. The van der Waals surface area contributed by atoms with Gasteiger partial charge in [0.15, 0.2) is 0 Å². The van der Waals surface area contributed by atoms with Crippen molar-refractivity contribution in [2.24, 2.45) is 5.92 Å². The lowest BCUT2D eigenvalue weighted by atomic mass is 9.98. The number of nitrogens with one attached hydrogen (secondary N) is 1. The van der Waals surface area contributed by atoms with E-state index in [9.17, 15) is 19.5 Å². The number of rotatable bonds is 1. The topological polar surface area (TPSA) is 99.2 Å². The van der Waals surface area contributed by atoms with Gasteiger partial charge in [0.2, 0.25) is 5.91 Å². The first kappa shape index (κ1) is 19.7. The molecule has 2 aliphatic heterocycles. The van der Waals surface area contributed by atoms with Crippen molar-refractivity contribution in [3.63, 3.8) is 0 Å². The average Bonchev–Trinajstić information content (AvgIpc) is 3.35. The van der Waals surface area contributed by atoms with Crippen molar-refractivity contribution in [1.82, 2.24) is 15.1 Å². The molecule has 2 fully saturated rings. The second-order valence-corrected chi connectivity index (χ2v) is 7.78. The molecule has 0 spiro atoms. The van der Waals surface area contributed by atoms with E-state index in [4.69, 9.17) is 4.74 Å². The number of urea groups is 1. The molecule has 150 valence electrons. The van der Waals surface area contributed by atoms with Gasteiger partial charge in [-0.15, -0.1) is 0 Å². The summed E-state index contributed by atoms with van der Waals surface area (Å²) in [7, 11) is 3.04. The number of hydrogen-bond acceptors (Lipinski definition) is 5. The smallest absolute Gasteiger partial charge is 0.332 e. The van der Waals surface area contributed by atoms with Crippen molar-refractivity contribution in [3.05, 3.63) is 12.2 Å². The highest BCUT2D eigenvalue weighted by molar-refractivity contribution is 5.95. The number of ether oxygens (including phenoxy) is 1. The maximum atomic E-state index is 13.0. The molecule has 0 aromatic rings. The summed E-state index contributed by atoms with van der Waals surface area (Å²) in [5.74, 6) is -0.977. The van der Waals surface area contributed by atoms with Gasteiger partial charge in [0.05, 0.1) is 13.2 Å². The maximum absolute atomic E-state index is 13.0. The van der Waals surface area contributed by atoms with Gasteiger partial charge < -0.3 is 25.0 Å². The standard InChI is InChI=1S/C19H29N3O5/c1-21-9-6-4-3-5-7-13-12-19(13,17(25)27-2)20-16(24)15-11-14(23)8-10-22(15)18(21)26/h5,7,13-15,23H,3-4,6,8-12H2,1-2H3,(H,20,24). The Bertz CT molecular complexity index is 637. The summed E-state index contributed by atoms with van der Waals surface area (Å²) in [6.07, 6.45) is 7.15. The molecule has 1 aliphatic carbocycles. The van der Waals surface area contributed by atoms with Crippen LogP contribution in [0.1, 0.15) is 38.5 Å². The number of methoxy groups -OCH3 is 1. The molecule has 2 heterocycles. The van der Waals surface area contributed by atoms with Crippen molar-refractivity contribution >= 4 is 17.9 Å². The lowest BCUT2D eigenvalue weighted by molar-refractivity contribution is -0.147. The highest BCUT2D eigenvalue weighted by atomic mass is 16.5. The van der Waals surface area contributed by atoms with E-state index in [2.05, 4.69) is 5.32 Å². The SMILES string of the molecule is COC(=O)C12CC1C=CCCCCN(C)C(=O)N1CCC(O)CC1C(=O)N2.